The van der Waals surface area contributed by atoms with Crippen molar-refractivity contribution < 1.29 is 31.1 Å². The third-order valence-corrected chi connectivity index (χ3v) is 5.21. The average molecular weight is 402 g/mol. The Balaban J connectivity index is 2.30. The number of hydrogen-bond acceptors (Lipinski definition) is 4. The van der Waals surface area contributed by atoms with Gasteiger partial charge < -0.3 is 0 Å². The fourth-order valence-corrected chi connectivity index (χ4v) is 3.65. The maximum absolute atomic E-state index is 14.0. The SMILES string of the molecule is Cc1cc(F)c(N=C2SCC(=O)N2CC(F)F)cc1SCC(F)(F)F. The van der Waals surface area contributed by atoms with E-state index in [0.29, 0.717) is 17.3 Å². The van der Waals surface area contributed by atoms with Gasteiger partial charge in [-0.3, -0.25) is 9.69 Å². The van der Waals surface area contributed by atoms with Crippen LogP contribution in [0.1, 0.15) is 5.56 Å². The minimum atomic E-state index is -4.39. The van der Waals surface area contributed by atoms with Gasteiger partial charge in [0.25, 0.3) is 6.43 Å². The first kappa shape index (κ1) is 20.0. The van der Waals surface area contributed by atoms with Crippen LogP contribution in [0, 0.1) is 12.7 Å². The van der Waals surface area contributed by atoms with E-state index in [-0.39, 0.29) is 21.5 Å². The number of amidine groups is 1. The summed E-state index contributed by atoms with van der Waals surface area (Å²) in [6.45, 7) is 0.587. The molecule has 1 aromatic carbocycles. The molecule has 0 N–H and O–H groups in total. The zero-order valence-corrected chi connectivity index (χ0v) is 14.4. The molecule has 138 valence electrons. The summed E-state index contributed by atoms with van der Waals surface area (Å²) in [6.07, 6.45) is -7.17. The predicted octanol–water partition coefficient (Wildman–Crippen LogP) is 4.62. The fraction of sp³-hybridized carbons (Fsp3) is 0.429. The van der Waals surface area contributed by atoms with Crippen LogP contribution in [0.25, 0.3) is 0 Å². The molecule has 25 heavy (non-hydrogen) atoms. The molecular formula is C14H12F6N2OS2. The van der Waals surface area contributed by atoms with Gasteiger partial charge in [-0.25, -0.2) is 18.2 Å². The molecule has 0 atom stereocenters. The van der Waals surface area contributed by atoms with Crippen LogP contribution in [0.5, 0.6) is 0 Å². The summed E-state index contributed by atoms with van der Waals surface area (Å²) in [4.78, 5) is 16.4. The highest BCUT2D eigenvalue weighted by molar-refractivity contribution is 8.15. The summed E-state index contributed by atoms with van der Waals surface area (Å²) in [7, 11) is 0. The van der Waals surface area contributed by atoms with E-state index in [1.807, 2.05) is 0 Å². The quantitative estimate of drug-likeness (QED) is 0.532. The van der Waals surface area contributed by atoms with E-state index in [1.165, 1.54) is 6.92 Å². The molecule has 1 aliphatic heterocycles. The Bertz CT molecular complexity index is 693. The number of alkyl halides is 5. The molecule has 1 saturated heterocycles. The highest BCUT2D eigenvalue weighted by atomic mass is 32.2. The van der Waals surface area contributed by atoms with Gasteiger partial charge in [-0.05, 0) is 24.6 Å². The van der Waals surface area contributed by atoms with Gasteiger partial charge in [0.2, 0.25) is 5.91 Å². The van der Waals surface area contributed by atoms with Crippen LogP contribution >= 0.6 is 23.5 Å². The number of carbonyl (C=O) groups excluding carboxylic acids is 1. The molecule has 1 heterocycles. The van der Waals surface area contributed by atoms with E-state index >= 15 is 0 Å². The Hall–Kier alpha value is -1.36. The lowest BCUT2D eigenvalue weighted by atomic mass is 10.2. The van der Waals surface area contributed by atoms with Crippen molar-refractivity contribution in [2.75, 3.05) is 18.1 Å². The topological polar surface area (TPSA) is 32.7 Å². The largest absolute Gasteiger partial charge is 0.398 e. The number of halogens is 6. The van der Waals surface area contributed by atoms with Crippen LogP contribution in [0.4, 0.5) is 32.0 Å². The Morgan fingerprint density at radius 2 is 2.04 bits per heavy atom. The van der Waals surface area contributed by atoms with E-state index < -0.39 is 36.6 Å². The smallest absolute Gasteiger partial charge is 0.285 e. The predicted molar refractivity (Wildman–Crippen MR) is 85.2 cm³/mol. The van der Waals surface area contributed by atoms with E-state index in [0.717, 1.165) is 28.8 Å². The monoisotopic (exact) mass is 402 g/mol. The number of aliphatic imine (C=N–C) groups is 1. The van der Waals surface area contributed by atoms with Gasteiger partial charge >= 0.3 is 6.18 Å². The van der Waals surface area contributed by atoms with E-state index in [1.54, 1.807) is 0 Å². The molecular weight excluding hydrogens is 390 g/mol. The second-order valence-electron chi connectivity index (χ2n) is 5.05. The number of amides is 1. The summed E-state index contributed by atoms with van der Waals surface area (Å²) >= 11 is 1.35. The lowest BCUT2D eigenvalue weighted by Crippen LogP contribution is -2.33. The Labute approximate surface area is 147 Å². The summed E-state index contributed by atoms with van der Waals surface area (Å²) in [5.41, 5.74) is 0.00188. The first-order valence-electron chi connectivity index (χ1n) is 6.86. The first-order valence-corrected chi connectivity index (χ1v) is 8.83. The molecule has 0 radical (unpaired) electrons. The first-order chi connectivity index (χ1) is 11.6. The van der Waals surface area contributed by atoms with Crippen molar-refractivity contribution in [1.82, 2.24) is 4.90 Å². The van der Waals surface area contributed by atoms with Crippen LogP contribution in [-0.2, 0) is 4.79 Å². The van der Waals surface area contributed by atoms with Crippen molar-refractivity contribution in [2.45, 2.75) is 24.4 Å². The fourth-order valence-electron chi connectivity index (χ4n) is 1.95. The van der Waals surface area contributed by atoms with Crippen LogP contribution in [0.15, 0.2) is 22.0 Å². The van der Waals surface area contributed by atoms with E-state index in [9.17, 15) is 31.1 Å². The maximum Gasteiger partial charge on any atom is 0.398 e. The molecule has 2 rings (SSSR count). The third kappa shape index (κ3) is 5.56. The van der Waals surface area contributed by atoms with E-state index in [4.69, 9.17) is 0 Å². The standard InChI is InChI=1S/C14H12F6N2OS2/c1-7-2-8(15)9(3-10(7)25-6-14(18,19)20)21-13-22(4-11(16)17)12(23)5-24-13/h2-3,11H,4-6H2,1H3. The molecule has 1 amide bonds. The summed E-state index contributed by atoms with van der Waals surface area (Å²) in [5.74, 6) is -2.64. The molecule has 0 aromatic heterocycles. The number of rotatable bonds is 5. The zero-order chi connectivity index (χ0) is 18.8. The average Bonchev–Trinajstić information content (AvgIpc) is 2.80. The normalized spacial score (nSPS) is 17.2. The molecule has 0 aliphatic carbocycles. The van der Waals surface area contributed by atoms with Crippen molar-refractivity contribution in [2.24, 2.45) is 4.99 Å². The van der Waals surface area contributed by atoms with Gasteiger partial charge in [-0.1, -0.05) is 11.8 Å². The Morgan fingerprint density at radius 1 is 1.36 bits per heavy atom. The minimum absolute atomic E-state index is 0.0974. The number of nitrogens with zero attached hydrogens (tertiary/aromatic N) is 2. The highest BCUT2D eigenvalue weighted by Gasteiger charge is 2.31. The third-order valence-electron chi connectivity index (χ3n) is 3.03. The zero-order valence-electron chi connectivity index (χ0n) is 12.7. The van der Waals surface area contributed by atoms with Crippen LogP contribution < -0.4 is 0 Å². The second kappa shape index (κ2) is 7.90. The summed E-state index contributed by atoms with van der Waals surface area (Å²) in [5, 5.41) is -0.0974. The Kier molecular flexibility index (Phi) is 6.30. The molecule has 0 unspecified atom stereocenters. The lowest BCUT2D eigenvalue weighted by Gasteiger charge is -2.15. The molecule has 0 saturated carbocycles. The summed E-state index contributed by atoms with van der Waals surface area (Å²) < 4.78 is 76.2. The summed E-state index contributed by atoms with van der Waals surface area (Å²) in [6, 6.07) is 2.15. The molecule has 0 bridgehead atoms. The van der Waals surface area contributed by atoms with Gasteiger partial charge in [0.15, 0.2) is 5.17 Å². The molecule has 0 spiro atoms. The van der Waals surface area contributed by atoms with Gasteiger partial charge in [0.1, 0.15) is 11.5 Å². The molecule has 1 aromatic rings. The molecule has 1 aliphatic rings. The van der Waals surface area contributed by atoms with Crippen LogP contribution in [0.2, 0.25) is 0 Å². The van der Waals surface area contributed by atoms with Gasteiger partial charge in [0, 0.05) is 4.90 Å². The van der Waals surface area contributed by atoms with Crippen molar-refractivity contribution in [3.05, 3.63) is 23.5 Å². The lowest BCUT2D eigenvalue weighted by molar-refractivity contribution is -0.125. The van der Waals surface area contributed by atoms with Crippen molar-refractivity contribution in [3.8, 4) is 0 Å². The number of hydrogen-bond donors (Lipinski definition) is 0. The Morgan fingerprint density at radius 3 is 2.64 bits per heavy atom. The number of carbonyl (C=O) groups is 1. The van der Waals surface area contributed by atoms with Gasteiger partial charge in [0.05, 0.1) is 18.1 Å². The molecule has 11 heteroatoms. The van der Waals surface area contributed by atoms with E-state index in [2.05, 4.69) is 4.99 Å². The van der Waals surface area contributed by atoms with Crippen LogP contribution in [0.3, 0.4) is 0 Å². The minimum Gasteiger partial charge on any atom is -0.285 e. The van der Waals surface area contributed by atoms with Gasteiger partial charge in [-0.2, -0.15) is 13.2 Å². The highest BCUT2D eigenvalue weighted by Crippen LogP contribution is 2.34. The van der Waals surface area contributed by atoms with Crippen molar-refractivity contribution in [3.63, 3.8) is 0 Å². The van der Waals surface area contributed by atoms with Crippen molar-refractivity contribution in [1.29, 1.82) is 0 Å². The van der Waals surface area contributed by atoms with Crippen LogP contribution in [-0.4, -0.2) is 46.6 Å². The molecule has 3 nitrogen and oxygen atoms in total. The van der Waals surface area contributed by atoms with Gasteiger partial charge in [-0.15, -0.1) is 11.8 Å². The maximum atomic E-state index is 14.0. The number of thioether (sulfide) groups is 2. The number of benzene rings is 1. The van der Waals surface area contributed by atoms with Crippen molar-refractivity contribution >= 4 is 40.3 Å². The second-order valence-corrected chi connectivity index (χ2v) is 7.01. The molecule has 1 fully saturated rings. The number of aryl methyl sites for hydroxylation is 1.